The van der Waals surface area contributed by atoms with E-state index in [2.05, 4.69) is 16.7 Å². The molecule has 0 saturated carbocycles. The van der Waals surface area contributed by atoms with Crippen molar-refractivity contribution in [3.63, 3.8) is 0 Å². The highest BCUT2D eigenvalue weighted by molar-refractivity contribution is 5.98. The molecule has 1 amide bonds. The van der Waals surface area contributed by atoms with Crippen LogP contribution in [0.2, 0.25) is 0 Å². The number of benzene rings is 2. The summed E-state index contributed by atoms with van der Waals surface area (Å²) in [7, 11) is 0. The van der Waals surface area contributed by atoms with Crippen LogP contribution in [0, 0.1) is 23.1 Å². The molecule has 2 aromatic rings. The number of nitrogens with one attached hydrogen (secondary N) is 2. The minimum atomic E-state index is -0.917. The van der Waals surface area contributed by atoms with E-state index < -0.39 is 23.9 Å². The number of halogens is 1. The summed E-state index contributed by atoms with van der Waals surface area (Å²) in [6, 6.07) is 9.68. The lowest BCUT2D eigenvalue weighted by Crippen LogP contribution is -2.46. The molecule has 2 aromatic carbocycles. The Morgan fingerprint density at radius 1 is 1.10 bits per heavy atom. The van der Waals surface area contributed by atoms with Gasteiger partial charge in [-0.1, -0.05) is 18.6 Å². The van der Waals surface area contributed by atoms with Gasteiger partial charge in [0.1, 0.15) is 30.3 Å². The van der Waals surface area contributed by atoms with Crippen molar-refractivity contribution in [2.24, 2.45) is 5.92 Å². The molecular formula is C30H34FN3O5. The number of ketones is 1. The van der Waals surface area contributed by atoms with Crippen LogP contribution in [-0.4, -0.2) is 56.7 Å². The number of carbonyl (C=O) groups is 2. The predicted molar refractivity (Wildman–Crippen MR) is 142 cm³/mol. The van der Waals surface area contributed by atoms with Crippen LogP contribution in [0.3, 0.4) is 0 Å². The van der Waals surface area contributed by atoms with Gasteiger partial charge in [0, 0.05) is 49.8 Å². The Kier molecular flexibility index (Phi) is 8.87. The topological polar surface area (TPSA) is 110 Å². The Hall–Kier alpha value is -3.32. The summed E-state index contributed by atoms with van der Waals surface area (Å²) in [5.74, 6) is -0.308. The fourth-order valence-electron chi connectivity index (χ4n) is 5.43. The van der Waals surface area contributed by atoms with Crippen molar-refractivity contribution in [2.45, 2.75) is 57.3 Å². The van der Waals surface area contributed by atoms with Crippen LogP contribution in [0.4, 0.5) is 4.39 Å². The van der Waals surface area contributed by atoms with Crippen molar-refractivity contribution in [1.29, 1.82) is 5.26 Å². The Balaban J connectivity index is 1.30. The van der Waals surface area contributed by atoms with Gasteiger partial charge in [-0.3, -0.25) is 9.59 Å². The molecule has 5 rings (SSSR count). The molecule has 0 radical (unpaired) electrons. The Labute approximate surface area is 227 Å². The number of hydrogen-bond acceptors (Lipinski definition) is 7. The summed E-state index contributed by atoms with van der Waals surface area (Å²) in [5, 5.41) is 15.4. The molecule has 3 aliphatic rings. The van der Waals surface area contributed by atoms with Gasteiger partial charge in [-0.2, -0.15) is 5.26 Å². The van der Waals surface area contributed by atoms with E-state index in [1.165, 1.54) is 6.07 Å². The normalized spacial score (nSPS) is 21.9. The molecule has 8 nitrogen and oxygen atoms in total. The van der Waals surface area contributed by atoms with Crippen molar-refractivity contribution in [2.75, 3.05) is 32.9 Å². The van der Waals surface area contributed by atoms with Crippen LogP contribution < -0.4 is 15.4 Å². The first-order valence-corrected chi connectivity index (χ1v) is 13.8. The third kappa shape index (κ3) is 6.47. The maximum absolute atomic E-state index is 15.3. The van der Waals surface area contributed by atoms with Gasteiger partial charge in [0.15, 0.2) is 5.78 Å². The molecule has 3 aliphatic heterocycles. The molecule has 39 heavy (non-hydrogen) atoms. The monoisotopic (exact) mass is 535 g/mol. The SMILES string of the molecule is N#C[C@@H](Cc1cc2c(cc1F)-c1ccc(C(=O)C3CCCCOCC3)cc1CO2)NC(=O)[C@@H]1CNCCCO1. The molecule has 3 atom stereocenters. The number of nitrogens with zero attached hydrogens (tertiary/aromatic N) is 1. The molecule has 1 unspecified atom stereocenters. The van der Waals surface area contributed by atoms with E-state index in [1.807, 2.05) is 18.2 Å². The molecule has 0 bridgehead atoms. The molecular weight excluding hydrogens is 501 g/mol. The van der Waals surface area contributed by atoms with E-state index in [9.17, 15) is 14.9 Å². The fraction of sp³-hybridized carbons (Fsp3) is 0.500. The van der Waals surface area contributed by atoms with Gasteiger partial charge in [0.25, 0.3) is 5.91 Å². The first kappa shape index (κ1) is 27.3. The minimum Gasteiger partial charge on any atom is -0.488 e. The zero-order valence-electron chi connectivity index (χ0n) is 22.0. The van der Waals surface area contributed by atoms with Crippen molar-refractivity contribution in [3.8, 4) is 22.9 Å². The van der Waals surface area contributed by atoms with E-state index in [1.54, 1.807) is 6.07 Å². The zero-order chi connectivity index (χ0) is 27.2. The second-order valence-corrected chi connectivity index (χ2v) is 10.4. The summed E-state index contributed by atoms with van der Waals surface area (Å²) in [5.41, 5.74) is 3.18. The zero-order valence-corrected chi connectivity index (χ0v) is 22.0. The molecule has 3 heterocycles. The second kappa shape index (κ2) is 12.7. The van der Waals surface area contributed by atoms with Gasteiger partial charge in [-0.25, -0.2) is 4.39 Å². The van der Waals surface area contributed by atoms with Crippen LogP contribution in [0.25, 0.3) is 11.1 Å². The van der Waals surface area contributed by atoms with Crippen molar-refractivity contribution >= 4 is 11.7 Å². The van der Waals surface area contributed by atoms with E-state index in [4.69, 9.17) is 14.2 Å². The van der Waals surface area contributed by atoms with Gasteiger partial charge < -0.3 is 24.8 Å². The summed E-state index contributed by atoms with van der Waals surface area (Å²) in [4.78, 5) is 25.8. The number of fused-ring (bicyclic) bond motifs is 3. The third-order valence-corrected chi connectivity index (χ3v) is 7.62. The number of amides is 1. The summed E-state index contributed by atoms with van der Waals surface area (Å²) in [6.45, 7) is 3.21. The number of hydrogen-bond donors (Lipinski definition) is 2. The molecule has 206 valence electrons. The number of rotatable bonds is 6. The quantitative estimate of drug-likeness (QED) is 0.543. The third-order valence-electron chi connectivity index (χ3n) is 7.62. The van der Waals surface area contributed by atoms with Crippen LogP contribution in [-0.2, 0) is 27.3 Å². The van der Waals surface area contributed by atoms with Gasteiger partial charge in [0.2, 0.25) is 0 Å². The van der Waals surface area contributed by atoms with Crippen LogP contribution in [0.15, 0.2) is 30.3 Å². The lowest BCUT2D eigenvalue weighted by atomic mass is 9.87. The highest BCUT2D eigenvalue weighted by atomic mass is 19.1. The highest BCUT2D eigenvalue weighted by Gasteiger charge is 2.27. The van der Waals surface area contributed by atoms with Crippen molar-refractivity contribution in [1.82, 2.24) is 10.6 Å². The fourth-order valence-corrected chi connectivity index (χ4v) is 5.43. The number of ether oxygens (including phenoxy) is 3. The molecule has 0 aromatic heterocycles. The largest absolute Gasteiger partial charge is 0.488 e. The Bertz CT molecular complexity index is 1240. The van der Waals surface area contributed by atoms with E-state index in [-0.39, 0.29) is 30.3 Å². The van der Waals surface area contributed by atoms with E-state index in [0.717, 1.165) is 56.4 Å². The number of Topliss-reactive ketones (excluding diaryl/α,β-unsaturated/α-hetero) is 1. The average molecular weight is 536 g/mol. The molecule has 2 fully saturated rings. The first-order valence-electron chi connectivity index (χ1n) is 13.8. The molecule has 2 saturated heterocycles. The smallest absolute Gasteiger partial charge is 0.251 e. The van der Waals surface area contributed by atoms with Crippen molar-refractivity contribution < 1.29 is 28.2 Å². The van der Waals surface area contributed by atoms with Crippen LogP contribution in [0.5, 0.6) is 5.75 Å². The number of carbonyl (C=O) groups excluding carboxylic acids is 2. The lowest BCUT2D eigenvalue weighted by Gasteiger charge is -2.24. The van der Waals surface area contributed by atoms with E-state index >= 15 is 4.39 Å². The minimum absolute atomic E-state index is 0.00371. The first-order chi connectivity index (χ1) is 19.0. The summed E-state index contributed by atoms with van der Waals surface area (Å²) < 4.78 is 32.4. The summed E-state index contributed by atoms with van der Waals surface area (Å²) >= 11 is 0. The lowest BCUT2D eigenvalue weighted by molar-refractivity contribution is -0.132. The maximum Gasteiger partial charge on any atom is 0.251 e. The highest BCUT2D eigenvalue weighted by Crippen LogP contribution is 2.40. The average Bonchev–Trinajstić information content (AvgIpc) is 3.22. The Morgan fingerprint density at radius 3 is 2.87 bits per heavy atom. The van der Waals surface area contributed by atoms with Gasteiger partial charge in [-0.15, -0.1) is 0 Å². The van der Waals surface area contributed by atoms with Gasteiger partial charge in [0.05, 0.1) is 6.07 Å². The van der Waals surface area contributed by atoms with Crippen LogP contribution in [0.1, 0.15) is 53.6 Å². The van der Waals surface area contributed by atoms with Crippen LogP contribution >= 0.6 is 0 Å². The Morgan fingerprint density at radius 2 is 2.00 bits per heavy atom. The standard InChI is InChI=1S/C30H34FN3O5/c31-26-15-25-24-6-5-20(29(35)19-4-1-2-9-37-11-7-19)12-22(24)18-39-27(25)14-21(26)13-23(16-32)34-30(36)28-17-33-8-3-10-38-28/h5-6,12,14-15,19,23,28,33H,1-4,7-11,13,17-18H2,(H,34,36)/t19?,23-,28+/m1/s1. The van der Waals surface area contributed by atoms with E-state index in [0.29, 0.717) is 36.6 Å². The molecule has 2 N–H and O–H groups in total. The van der Waals surface area contributed by atoms with Gasteiger partial charge in [-0.05, 0) is 67.1 Å². The van der Waals surface area contributed by atoms with Gasteiger partial charge >= 0.3 is 0 Å². The maximum atomic E-state index is 15.3. The molecule has 0 spiro atoms. The van der Waals surface area contributed by atoms with Crippen molar-refractivity contribution in [3.05, 3.63) is 52.8 Å². The second-order valence-electron chi connectivity index (χ2n) is 10.4. The molecule has 0 aliphatic carbocycles. The number of nitriles is 1. The summed E-state index contributed by atoms with van der Waals surface area (Å²) in [6.07, 6.45) is 3.65. The predicted octanol–water partition coefficient (Wildman–Crippen LogP) is 3.70. The molecule has 9 heteroatoms.